The number of sulfonamides is 1. The van der Waals surface area contributed by atoms with Gasteiger partial charge in [0.05, 0.1) is 5.75 Å². The van der Waals surface area contributed by atoms with Crippen LogP contribution in [-0.2, 0) is 14.8 Å². The Kier molecular flexibility index (Phi) is 5.62. The molecule has 0 spiro atoms. The van der Waals surface area contributed by atoms with E-state index in [0.717, 1.165) is 19.3 Å². The van der Waals surface area contributed by atoms with E-state index >= 15 is 0 Å². The lowest BCUT2D eigenvalue weighted by molar-refractivity contribution is -0.138. The number of aliphatic carboxylic acids is 1. The lowest BCUT2D eigenvalue weighted by atomic mass is 9.69. The van der Waals surface area contributed by atoms with Crippen LogP contribution in [-0.4, -0.2) is 37.3 Å². The van der Waals surface area contributed by atoms with E-state index in [4.69, 9.17) is 10.8 Å². The van der Waals surface area contributed by atoms with Gasteiger partial charge in [0.2, 0.25) is 10.0 Å². The van der Waals surface area contributed by atoms with Crippen LogP contribution in [0.25, 0.3) is 0 Å². The maximum atomic E-state index is 12.1. The molecule has 0 heterocycles. The summed E-state index contributed by atoms with van der Waals surface area (Å²) in [6, 6.07) is -1.09. The van der Waals surface area contributed by atoms with Crippen molar-refractivity contribution in [2.75, 3.05) is 5.75 Å². The predicted molar refractivity (Wildman–Crippen MR) is 80.2 cm³/mol. The van der Waals surface area contributed by atoms with Crippen LogP contribution in [0, 0.1) is 11.8 Å². The number of carboxylic acids is 1. The normalized spacial score (nSPS) is 31.4. The van der Waals surface area contributed by atoms with Gasteiger partial charge in [0.25, 0.3) is 0 Å². The number of rotatable bonds is 6. The van der Waals surface area contributed by atoms with Crippen LogP contribution in [0.3, 0.4) is 0 Å². The van der Waals surface area contributed by atoms with E-state index in [1.807, 2.05) is 0 Å². The van der Waals surface area contributed by atoms with Gasteiger partial charge in [-0.25, -0.2) is 13.1 Å². The molecular weight excluding hydrogens is 292 g/mol. The summed E-state index contributed by atoms with van der Waals surface area (Å²) in [5, 5.41) is 8.71. The molecule has 0 aromatic heterocycles. The van der Waals surface area contributed by atoms with E-state index in [-0.39, 0.29) is 18.2 Å². The average molecular weight is 318 g/mol. The third-order valence-electron chi connectivity index (χ3n) is 4.92. The molecule has 4 N–H and O–H groups in total. The molecule has 2 rings (SSSR count). The molecular formula is C14H26N2O4S. The van der Waals surface area contributed by atoms with Crippen LogP contribution in [0.1, 0.15) is 51.4 Å². The van der Waals surface area contributed by atoms with Crippen LogP contribution < -0.4 is 10.5 Å². The largest absolute Gasteiger partial charge is 0.480 e. The molecule has 0 aliphatic heterocycles. The van der Waals surface area contributed by atoms with Crippen LogP contribution >= 0.6 is 0 Å². The van der Waals surface area contributed by atoms with Gasteiger partial charge in [-0.05, 0) is 31.1 Å². The first-order valence-corrected chi connectivity index (χ1v) is 9.52. The van der Waals surface area contributed by atoms with Gasteiger partial charge in [-0.2, -0.15) is 0 Å². The molecule has 6 nitrogen and oxygen atoms in total. The number of carbonyl (C=O) groups is 1. The third-order valence-corrected chi connectivity index (χ3v) is 6.36. The van der Waals surface area contributed by atoms with Gasteiger partial charge in [0.15, 0.2) is 0 Å². The van der Waals surface area contributed by atoms with E-state index < -0.39 is 22.0 Å². The van der Waals surface area contributed by atoms with Crippen LogP contribution in [0.15, 0.2) is 0 Å². The van der Waals surface area contributed by atoms with Crippen molar-refractivity contribution in [2.45, 2.75) is 63.5 Å². The Morgan fingerprint density at radius 3 is 2.57 bits per heavy atom. The maximum absolute atomic E-state index is 12.1. The second-order valence-electron chi connectivity index (χ2n) is 6.42. The molecule has 122 valence electrons. The molecule has 0 radical (unpaired) electrons. The van der Waals surface area contributed by atoms with Gasteiger partial charge in [0.1, 0.15) is 6.04 Å². The second kappa shape index (κ2) is 7.07. The summed E-state index contributed by atoms with van der Waals surface area (Å²) in [5.74, 6) is -0.263. The summed E-state index contributed by atoms with van der Waals surface area (Å²) in [5.41, 5.74) is 5.37. The van der Waals surface area contributed by atoms with Crippen LogP contribution in [0.4, 0.5) is 0 Å². The number of fused-ring (bicyclic) bond motifs is 1. The highest BCUT2D eigenvalue weighted by molar-refractivity contribution is 7.89. The summed E-state index contributed by atoms with van der Waals surface area (Å²) < 4.78 is 27.1. The highest BCUT2D eigenvalue weighted by atomic mass is 32.2. The minimum atomic E-state index is -3.45. The number of hydrogen-bond donors (Lipinski definition) is 3. The highest BCUT2D eigenvalue weighted by Gasteiger charge is 2.36. The molecule has 4 atom stereocenters. The smallest absolute Gasteiger partial charge is 0.320 e. The van der Waals surface area contributed by atoms with Crippen molar-refractivity contribution >= 4 is 16.0 Å². The molecule has 0 aromatic carbocycles. The minimum absolute atomic E-state index is 0.0232. The Labute approximate surface area is 126 Å². The molecule has 2 saturated carbocycles. The first-order chi connectivity index (χ1) is 9.89. The number of nitrogens with one attached hydrogen (secondary N) is 1. The van der Waals surface area contributed by atoms with Crippen molar-refractivity contribution in [3.05, 3.63) is 0 Å². The topological polar surface area (TPSA) is 109 Å². The van der Waals surface area contributed by atoms with Gasteiger partial charge in [0, 0.05) is 6.04 Å². The third kappa shape index (κ3) is 4.66. The fourth-order valence-electron chi connectivity index (χ4n) is 3.78. The molecule has 0 amide bonds. The zero-order chi connectivity index (χ0) is 15.5. The molecule has 0 saturated heterocycles. The summed E-state index contributed by atoms with van der Waals surface area (Å²) in [6.45, 7) is 0. The van der Waals surface area contributed by atoms with Crippen molar-refractivity contribution in [3.8, 4) is 0 Å². The summed E-state index contributed by atoms with van der Waals surface area (Å²) >= 11 is 0. The van der Waals surface area contributed by atoms with Crippen molar-refractivity contribution in [2.24, 2.45) is 17.6 Å². The Morgan fingerprint density at radius 1 is 1.19 bits per heavy atom. The molecule has 0 bridgehead atoms. The van der Waals surface area contributed by atoms with E-state index in [2.05, 4.69) is 4.72 Å². The number of nitrogens with two attached hydrogens (primary N) is 1. The van der Waals surface area contributed by atoms with E-state index in [1.54, 1.807) is 0 Å². The fraction of sp³-hybridized carbons (Fsp3) is 0.929. The summed E-state index contributed by atoms with van der Waals surface area (Å²) in [7, 11) is -3.45. The monoisotopic (exact) mass is 318 g/mol. The molecule has 7 heteroatoms. The van der Waals surface area contributed by atoms with Gasteiger partial charge in [-0.3, -0.25) is 4.79 Å². The summed E-state index contributed by atoms with van der Waals surface area (Å²) in [6.07, 6.45) is 7.89. The molecule has 2 aliphatic carbocycles. The molecule has 21 heavy (non-hydrogen) atoms. The van der Waals surface area contributed by atoms with Crippen molar-refractivity contribution in [1.29, 1.82) is 0 Å². The zero-order valence-electron chi connectivity index (χ0n) is 12.3. The van der Waals surface area contributed by atoms with Gasteiger partial charge in [-0.1, -0.05) is 32.1 Å². The highest BCUT2D eigenvalue weighted by Crippen LogP contribution is 2.40. The van der Waals surface area contributed by atoms with Crippen molar-refractivity contribution < 1.29 is 18.3 Å². The first-order valence-electron chi connectivity index (χ1n) is 7.87. The summed E-state index contributed by atoms with van der Waals surface area (Å²) in [4.78, 5) is 10.7. The quantitative estimate of drug-likeness (QED) is 0.678. The maximum Gasteiger partial charge on any atom is 0.320 e. The minimum Gasteiger partial charge on any atom is -0.480 e. The number of hydrogen-bond acceptors (Lipinski definition) is 4. The van der Waals surface area contributed by atoms with E-state index in [9.17, 15) is 13.2 Å². The Hall–Kier alpha value is -0.660. The van der Waals surface area contributed by atoms with Crippen molar-refractivity contribution in [1.82, 2.24) is 4.72 Å². The Morgan fingerprint density at radius 2 is 1.86 bits per heavy atom. The fourth-order valence-corrected chi connectivity index (χ4v) is 5.22. The van der Waals surface area contributed by atoms with E-state index in [1.165, 1.54) is 25.7 Å². The Balaban J connectivity index is 1.90. The zero-order valence-corrected chi connectivity index (χ0v) is 13.1. The lowest BCUT2D eigenvalue weighted by Gasteiger charge is -2.41. The van der Waals surface area contributed by atoms with E-state index in [0.29, 0.717) is 11.8 Å². The first kappa shape index (κ1) is 16.7. The van der Waals surface area contributed by atoms with Crippen LogP contribution in [0.2, 0.25) is 0 Å². The molecule has 2 fully saturated rings. The Bertz CT molecular complexity index is 464. The van der Waals surface area contributed by atoms with Crippen LogP contribution in [0.5, 0.6) is 0 Å². The predicted octanol–water partition coefficient (Wildman–Crippen LogP) is 1.07. The average Bonchev–Trinajstić information content (AvgIpc) is 2.45. The van der Waals surface area contributed by atoms with Gasteiger partial charge < -0.3 is 10.8 Å². The molecule has 0 aromatic rings. The van der Waals surface area contributed by atoms with Crippen molar-refractivity contribution in [3.63, 3.8) is 0 Å². The van der Waals surface area contributed by atoms with Gasteiger partial charge in [-0.15, -0.1) is 0 Å². The standard InChI is InChI=1S/C14H26N2O4S/c15-12(14(17)18)8-9-21(19,20)16-13-7-3-5-10-4-1-2-6-11(10)13/h10-13,16H,1-9,15H2,(H,17,18)/t10?,11?,12-,13?/m0/s1. The lowest BCUT2D eigenvalue weighted by Crippen LogP contribution is -2.47. The molecule has 3 unspecified atom stereocenters. The molecule has 2 aliphatic rings. The SMILES string of the molecule is N[C@@H](CCS(=O)(=O)NC1CCCC2CCCCC21)C(=O)O. The second-order valence-corrected chi connectivity index (χ2v) is 8.29. The van der Waals surface area contributed by atoms with Gasteiger partial charge >= 0.3 is 5.97 Å². The number of carboxylic acid groups (broad SMARTS) is 1.